The minimum absolute atomic E-state index is 0.0418. The lowest BCUT2D eigenvalue weighted by Gasteiger charge is -2.08. The molecule has 19 heavy (non-hydrogen) atoms. The Morgan fingerprint density at radius 2 is 1.84 bits per heavy atom. The van der Waals surface area contributed by atoms with E-state index in [4.69, 9.17) is 5.73 Å². The summed E-state index contributed by atoms with van der Waals surface area (Å²) in [7, 11) is 0. The van der Waals surface area contributed by atoms with Crippen LogP contribution in [0.3, 0.4) is 0 Å². The number of nitrogens with two attached hydrogens (primary N) is 1. The fourth-order valence-electron chi connectivity index (χ4n) is 2.13. The van der Waals surface area contributed by atoms with Crippen LogP contribution in [0.15, 0.2) is 42.5 Å². The molecule has 0 heterocycles. The molecule has 0 unspecified atom stereocenters. The zero-order valence-corrected chi connectivity index (χ0v) is 10.9. The molecule has 98 valence electrons. The minimum atomic E-state index is -0.538. The predicted molar refractivity (Wildman–Crippen MR) is 76.1 cm³/mol. The maximum Gasteiger partial charge on any atom is 0.249 e. The number of carbonyl (C=O) groups is 1. The smallest absolute Gasteiger partial charge is 0.249 e. The summed E-state index contributed by atoms with van der Waals surface area (Å²) in [6, 6.07) is 12.7. The summed E-state index contributed by atoms with van der Waals surface area (Å²) in [4.78, 5) is 11.4. The third-order valence-electron chi connectivity index (χ3n) is 3.07. The van der Waals surface area contributed by atoms with Crippen LogP contribution in [-0.4, -0.2) is 11.0 Å². The molecule has 3 heteroatoms. The van der Waals surface area contributed by atoms with Crippen molar-refractivity contribution in [1.29, 1.82) is 0 Å². The van der Waals surface area contributed by atoms with Crippen molar-refractivity contribution >= 4 is 5.91 Å². The van der Waals surface area contributed by atoms with E-state index in [1.54, 1.807) is 12.1 Å². The number of benzene rings is 2. The van der Waals surface area contributed by atoms with Crippen LogP contribution in [-0.2, 0) is 6.42 Å². The van der Waals surface area contributed by atoms with E-state index in [0.717, 1.165) is 24.0 Å². The van der Waals surface area contributed by atoms with Gasteiger partial charge < -0.3 is 10.8 Å². The van der Waals surface area contributed by atoms with E-state index in [-0.39, 0.29) is 5.75 Å². The van der Waals surface area contributed by atoms with Crippen molar-refractivity contribution in [3.05, 3.63) is 53.6 Å². The molecule has 0 atom stereocenters. The first-order chi connectivity index (χ1) is 9.11. The van der Waals surface area contributed by atoms with Crippen molar-refractivity contribution in [3.8, 4) is 16.9 Å². The highest BCUT2D eigenvalue weighted by Gasteiger charge is 2.10. The quantitative estimate of drug-likeness (QED) is 0.881. The first-order valence-corrected chi connectivity index (χ1v) is 6.34. The average molecular weight is 255 g/mol. The molecule has 3 nitrogen and oxygen atoms in total. The first-order valence-electron chi connectivity index (χ1n) is 6.34. The number of phenols is 1. The van der Waals surface area contributed by atoms with Gasteiger partial charge in [0.25, 0.3) is 0 Å². The summed E-state index contributed by atoms with van der Waals surface area (Å²) >= 11 is 0. The van der Waals surface area contributed by atoms with E-state index in [0.29, 0.717) is 5.56 Å². The van der Waals surface area contributed by atoms with Crippen LogP contribution in [0.4, 0.5) is 0 Å². The molecule has 0 aliphatic rings. The van der Waals surface area contributed by atoms with Crippen LogP contribution in [0.25, 0.3) is 11.1 Å². The van der Waals surface area contributed by atoms with Gasteiger partial charge in [0.15, 0.2) is 0 Å². The van der Waals surface area contributed by atoms with Gasteiger partial charge in [-0.1, -0.05) is 37.6 Å². The topological polar surface area (TPSA) is 63.3 Å². The molecule has 1 amide bonds. The van der Waals surface area contributed by atoms with Crippen LogP contribution in [0.1, 0.15) is 29.3 Å². The Morgan fingerprint density at radius 1 is 1.16 bits per heavy atom. The highest BCUT2D eigenvalue weighted by Crippen LogP contribution is 2.27. The molecule has 0 aromatic heterocycles. The van der Waals surface area contributed by atoms with Crippen molar-refractivity contribution in [2.45, 2.75) is 19.8 Å². The molecule has 3 N–H and O–H groups in total. The summed E-state index contributed by atoms with van der Waals surface area (Å²) < 4.78 is 0. The van der Waals surface area contributed by atoms with Gasteiger partial charge >= 0.3 is 0 Å². The first kappa shape index (κ1) is 13.1. The number of aromatic hydroxyl groups is 1. The van der Waals surface area contributed by atoms with E-state index in [9.17, 15) is 9.90 Å². The van der Waals surface area contributed by atoms with Crippen LogP contribution in [0.2, 0.25) is 0 Å². The van der Waals surface area contributed by atoms with Gasteiger partial charge in [0.05, 0.1) is 5.56 Å². The Balaban J connectivity index is 2.43. The second-order valence-corrected chi connectivity index (χ2v) is 4.54. The van der Waals surface area contributed by atoms with Crippen LogP contribution in [0, 0.1) is 0 Å². The molecule has 2 aromatic carbocycles. The number of amides is 1. The van der Waals surface area contributed by atoms with Gasteiger partial charge in [-0.2, -0.15) is 0 Å². The van der Waals surface area contributed by atoms with E-state index < -0.39 is 5.91 Å². The third-order valence-corrected chi connectivity index (χ3v) is 3.07. The summed E-state index contributed by atoms with van der Waals surface area (Å²) in [5, 5.41) is 9.44. The van der Waals surface area contributed by atoms with E-state index in [2.05, 4.69) is 19.1 Å². The number of hydrogen-bond donors (Lipinski definition) is 2. The largest absolute Gasteiger partial charge is 0.508 e. The van der Waals surface area contributed by atoms with Gasteiger partial charge in [0.2, 0.25) is 5.91 Å². The highest BCUT2D eigenvalue weighted by molar-refractivity contribution is 6.00. The monoisotopic (exact) mass is 255 g/mol. The molecule has 0 saturated carbocycles. The van der Waals surface area contributed by atoms with Crippen molar-refractivity contribution in [3.63, 3.8) is 0 Å². The maximum atomic E-state index is 11.4. The van der Waals surface area contributed by atoms with Gasteiger partial charge in [0, 0.05) is 0 Å². The molecule has 0 aliphatic heterocycles. The molecular formula is C16H17NO2. The Kier molecular flexibility index (Phi) is 3.85. The number of phenolic OH excluding ortho intramolecular Hbond substituents is 1. The lowest BCUT2D eigenvalue weighted by Crippen LogP contribution is -2.12. The normalized spacial score (nSPS) is 10.4. The molecule has 0 saturated heterocycles. The Bertz CT molecular complexity index is 588. The lowest BCUT2D eigenvalue weighted by molar-refractivity contribution is 0.100. The second-order valence-electron chi connectivity index (χ2n) is 4.54. The molecule has 0 aliphatic carbocycles. The molecular weight excluding hydrogens is 238 g/mol. The number of carbonyl (C=O) groups excluding carboxylic acids is 1. The summed E-state index contributed by atoms with van der Waals surface area (Å²) in [6.45, 7) is 2.14. The average Bonchev–Trinajstić information content (AvgIpc) is 2.40. The van der Waals surface area contributed by atoms with Gasteiger partial charge in [-0.3, -0.25) is 4.79 Å². The number of aryl methyl sites for hydroxylation is 1. The maximum absolute atomic E-state index is 11.4. The number of primary amides is 1. The molecule has 2 aromatic rings. The highest BCUT2D eigenvalue weighted by atomic mass is 16.3. The number of hydrogen-bond acceptors (Lipinski definition) is 2. The Labute approximate surface area is 112 Å². The number of rotatable bonds is 4. The minimum Gasteiger partial charge on any atom is -0.508 e. The second kappa shape index (κ2) is 5.57. The van der Waals surface area contributed by atoms with Crippen molar-refractivity contribution < 1.29 is 9.90 Å². The lowest BCUT2D eigenvalue weighted by atomic mass is 9.97. The van der Waals surface area contributed by atoms with Crippen LogP contribution >= 0.6 is 0 Å². The fraction of sp³-hybridized carbons (Fsp3) is 0.188. The fourth-order valence-corrected chi connectivity index (χ4v) is 2.13. The molecule has 0 radical (unpaired) electrons. The van der Waals surface area contributed by atoms with Gasteiger partial charge in [-0.15, -0.1) is 0 Å². The Morgan fingerprint density at radius 3 is 2.42 bits per heavy atom. The summed E-state index contributed by atoms with van der Waals surface area (Å²) in [5.74, 6) is -0.497. The van der Waals surface area contributed by atoms with Crippen LogP contribution < -0.4 is 5.73 Å². The van der Waals surface area contributed by atoms with Crippen molar-refractivity contribution in [1.82, 2.24) is 0 Å². The van der Waals surface area contributed by atoms with Gasteiger partial charge in [-0.05, 0) is 41.3 Å². The molecule has 0 fully saturated rings. The van der Waals surface area contributed by atoms with E-state index in [1.165, 1.54) is 11.6 Å². The van der Waals surface area contributed by atoms with Crippen molar-refractivity contribution in [2.75, 3.05) is 0 Å². The van der Waals surface area contributed by atoms with E-state index >= 15 is 0 Å². The standard InChI is InChI=1S/C16H17NO2/c1-2-3-11-4-6-12(7-5-11)14-9-8-13(18)10-15(14)16(17)19/h4-10,18H,2-3H2,1H3,(H2,17,19). The zero-order valence-electron chi connectivity index (χ0n) is 10.9. The van der Waals surface area contributed by atoms with Crippen LogP contribution in [0.5, 0.6) is 5.75 Å². The molecule has 0 bridgehead atoms. The summed E-state index contributed by atoms with van der Waals surface area (Å²) in [5.41, 5.74) is 8.62. The van der Waals surface area contributed by atoms with Crippen molar-refractivity contribution in [2.24, 2.45) is 5.73 Å². The van der Waals surface area contributed by atoms with Gasteiger partial charge in [-0.25, -0.2) is 0 Å². The summed E-state index contributed by atoms with van der Waals surface area (Å²) in [6.07, 6.45) is 2.14. The predicted octanol–water partition coefficient (Wildman–Crippen LogP) is 3.11. The SMILES string of the molecule is CCCc1ccc(-c2ccc(O)cc2C(N)=O)cc1. The third kappa shape index (κ3) is 2.94. The van der Waals surface area contributed by atoms with Gasteiger partial charge in [0.1, 0.15) is 5.75 Å². The Hall–Kier alpha value is -2.29. The zero-order chi connectivity index (χ0) is 13.8. The molecule has 0 spiro atoms. The molecule has 2 rings (SSSR count). The van der Waals surface area contributed by atoms with E-state index in [1.807, 2.05) is 12.1 Å².